The largest absolute Gasteiger partial charge is 0.323 e. The van der Waals surface area contributed by atoms with Gasteiger partial charge in [-0.1, -0.05) is 30.3 Å². The van der Waals surface area contributed by atoms with Crippen LogP contribution >= 0.6 is 0 Å². The first-order valence-electron chi connectivity index (χ1n) is 4.78. The molecule has 0 aliphatic carbocycles. The van der Waals surface area contributed by atoms with Crippen LogP contribution in [0.15, 0.2) is 30.3 Å². The summed E-state index contributed by atoms with van der Waals surface area (Å²) >= 11 is 0. The highest BCUT2D eigenvalue weighted by molar-refractivity contribution is 6.06. The van der Waals surface area contributed by atoms with Crippen LogP contribution < -0.4 is 10.6 Å². The molecule has 1 heterocycles. The van der Waals surface area contributed by atoms with Crippen molar-refractivity contribution in [2.45, 2.75) is 18.9 Å². The summed E-state index contributed by atoms with van der Waals surface area (Å²) in [7, 11) is 0. The number of urea groups is 1. The van der Waals surface area contributed by atoms with E-state index in [-0.39, 0.29) is 5.91 Å². The molecule has 1 fully saturated rings. The molecule has 1 aliphatic heterocycles. The third kappa shape index (κ3) is 1.83. The van der Waals surface area contributed by atoms with E-state index in [4.69, 9.17) is 0 Å². The van der Waals surface area contributed by atoms with E-state index in [1.165, 1.54) is 0 Å². The molecule has 1 atom stereocenters. The van der Waals surface area contributed by atoms with E-state index in [1.807, 2.05) is 30.3 Å². The van der Waals surface area contributed by atoms with Gasteiger partial charge in [-0.15, -0.1) is 0 Å². The zero-order valence-corrected chi connectivity index (χ0v) is 8.41. The molecule has 1 aliphatic rings. The van der Waals surface area contributed by atoms with Gasteiger partial charge in [0.25, 0.3) is 5.91 Å². The van der Waals surface area contributed by atoms with Crippen molar-refractivity contribution >= 4 is 11.9 Å². The zero-order valence-electron chi connectivity index (χ0n) is 8.41. The Kier molecular flexibility index (Phi) is 2.19. The lowest BCUT2D eigenvalue weighted by atomic mass is 9.93. The van der Waals surface area contributed by atoms with Gasteiger partial charge in [0.15, 0.2) is 0 Å². The molecular formula is C11H12N2O2. The van der Waals surface area contributed by atoms with Gasteiger partial charge >= 0.3 is 6.03 Å². The van der Waals surface area contributed by atoms with Crippen LogP contribution in [0.4, 0.5) is 4.79 Å². The molecular weight excluding hydrogens is 192 g/mol. The summed E-state index contributed by atoms with van der Waals surface area (Å²) in [6.45, 7) is 1.72. The second-order valence-corrected chi connectivity index (χ2v) is 3.90. The zero-order chi connectivity index (χ0) is 10.9. The quantitative estimate of drug-likeness (QED) is 0.701. The van der Waals surface area contributed by atoms with E-state index < -0.39 is 11.6 Å². The van der Waals surface area contributed by atoms with Crippen LogP contribution in [0.1, 0.15) is 12.5 Å². The van der Waals surface area contributed by atoms with Crippen LogP contribution in [0.2, 0.25) is 0 Å². The van der Waals surface area contributed by atoms with Crippen molar-refractivity contribution in [3.63, 3.8) is 0 Å². The number of carbonyl (C=O) groups excluding carboxylic acids is 2. The summed E-state index contributed by atoms with van der Waals surface area (Å²) < 4.78 is 0. The molecule has 0 bridgehead atoms. The minimum absolute atomic E-state index is 0.267. The first-order valence-corrected chi connectivity index (χ1v) is 4.78. The van der Waals surface area contributed by atoms with Gasteiger partial charge in [0.2, 0.25) is 0 Å². The van der Waals surface area contributed by atoms with E-state index in [1.54, 1.807) is 6.92 Å². The Balaban J connectivity index is 2.18. The average Bonchev–Trinajstić information content (AvgIpc) is 2.41. The Morgan fingerprint density at radius 2 is 1.87 bits per heavy atom. The maximum absolute atomic E-state index is 11.5. The minimum atomic E-state index is -0.821. The molecule has 1 saturated heterocycles. The first kappa shape index (κ1) is 9.71. The van der Waals surface area contributed by atoms with Gasteiger partial charge in [0.05, 0.1) is 0 Å². The Hall–Kier alpha value is -1.84. The third-order valence-electron chi connectivity index (χ3n) is 2.52. The van der Waals surface area contributed by atoms with Crippen molar-refractivity contribution in [3.05, 3.63) is 35.9 Å². The Morgan fingerprint density at radius 1 is 1.20 bits per heavy atom. The van der Waals surface area contributed by atoms with Gasteiger partial charge in [-0.05, 0) is 12.5 Å². The molecule has 0 saturated carbocycles. The summed E-state index contributed by atoms with van der Waals surface area (Å²) in [5.41, 5.74) is 0.204. The monoisotopic (exact) mass is 204 g/mol. The second kappa shape index (κ2) is 3.38. The van der Waals surface area contributed by atoms with Crippen LogP contribution in [-0.2, 0) is 11.2 Å². The van der Waals surface area contributed by atoms with Gasteiger partial charge in [0.1, 0.15) is 5.54 Å². The lowest BCUT2D eigenvalue weighted by molar-refractivity contribution is -0.123. The van der Waals surface area contributed by atoms with Gasteiger partial charge in [-0.3, -0.25) is 10.1 Å². The molecule has 2 rings (SSSR count). The number of rotatable bonds is 2. The van der Waals surface area contributed by atoms with Crippen LogP contribution in [0.5, 0.6) is 0 Å². The lowest BCUT2D eigenvalue weighted by Gasteiger charge is -2.20. The second-order valence-electron chi connectivity index (χ2n) is 3.90. The highest BCUT2D eigenvalue weighted by atomic mass is 16.2. The molecule has 4 heteroatoms. The standard InChI is InChI=1S/C11H12N2O2/c1-11(9(14)12-10(15)13-11)7-8-5-3-2-4-6-8/h2-6H,7H2,1H3,(H2,12,13,14,15). The van der Waals surface area contributed by atoms with Crippen molar-refractivity contribution in [2.24, 2.45) is 0 Å². The van der Waals surface area contributed by atoms with Crippen molar-refractivity contribution in [3.8, 4) is 0 Å². The van der Waals surface area contributed by atoms with Gasteiger partial charge in [-0.25, -0.2) is 4.79 Å². The Morgan fingerprint density at radius 3 is 2.40 bits per heavy atom. The highest BCUT2D eigenvalue weighted by Gasteiger charge is 2.41. The topological polar surface area (TPSA) is 58.2 Å². The summed E-state index contributed by atoms with van der Waals surface area (Å²) in [6, 6.07) is 9.18. The van der Waals surface area contributed by atoms with E-state index in [2.05, 4.69) is 10.6 Å². The van der Waals surface area contributed by atoms with Gasteiger partial charge < -0.3 is 5.32 Å². The number of imide groups is 1. The fourth-order valence-electron chi connectivity index (χ4n) is 1.71. The summed E-state index contributed by atoms with van der Waals surface area (Å²) in [5, 5.41) is 4.87. The molecule has 2 N–H and O–H groups in total. The molecule has 1 unspecified atom stereocenters. The van der Waals surface area contributed by atoms with Crippen LogP contribution in [-0.4, -0.2) is 17.5 Å². The minimum Gasteiger partial charge on any atom is -0.323 e. The molecule has 3 amide bonds. The van der Waals surface area contributed by atoms with Crippen LogP contribution in [0.3, 0.4) is 0 Å². The van der Waals surface area contributed by atoms with E-state index >= 15 is 0 Å². The molecule has 1 aromatic rings. The number of hydrogen-bond donors (Lipinski definition) is 2. The van der Waals surface area contributed by atoms with Gasteiger partial charge in [-0.2, -0.15) is 0 Å². The van der Waals surface area contributed by atoms with Crippen LogP contribution in [0, 0.1) is 0 Å². The maximum Gasteiger partial charge on any atom is 0.322 e. The third-order valence-corrected chi connectivity index (χ3v) is 2.52. The summed E-state index contributed by atoms with van der Waals surface area (Å²) in [6.07, 6.45) is 0.505. The average molecular weight is 204 g/mol. The number of carbonyl (C=O) groups is 2. The summed E-state index contributed by atoms with van der Waals surface area (Å²) in [5.74, 6) is -0.267. The molecule has 0 spiro atoms. The van der Waals surface area contributed by atoms with Crippen molar-refractivity contribution in [1.82, 2.24) is 10.6 Å². The fraction of sp³-hybridized carbons (Fsp3) is 0.273. The highest BCUT2D eigenvalue weighted by Crippen LogP contribution is 2.16. The van der Waals surface area contributed by atoms with E-state index in [0.717, 1.165) is 5.56 Å². The SMILES string of the molecule is CC1(Cc2ccccc2)NC(=O)NC1=O. The molecule has 15 heavy (non-hydrogen) atoms. The Labute approximate surface area is 87.7 Å². The number of amides is 3. The maximum atomic E-state index is 11.5. The molecule has 0 aromatic heterocycles. The predicted molar refractivity (Wildman–Crippen MR) is 55.2 cm³/mol. The number of benzene rings is 1. The number of nitrogens with one attached hydrogen (secondary N) is 2. The molecule has 0 radical (unpaired) electrons. The van der Waals surface area contributed by atoms with Gasteiger partial charge in [0, 0.05) is 6.42 Å². The van der Waals surface area contributed by atoms with E-state index in [9.17, 15) is 9.59 Å². The lowest BCUT2D eigenvalue weighted by Crippen LogP contribution is -2.45. The van der Waals surface area contributed by atoms with Crippen LogP contribution in [0.25, 0.3) is 0 Å². The normalized spacial score (nSPS) is 24.9. The number of hydrogen-bond acceptors (Lipinski definition) is 2. The molecule has 78 valence electrons. The summed E-state index contributed by atoms with van der Waals surface area (Å²) in [4.78, 5) is 22.5. The Bertz CT molecular complexity index is 402. The fourth-order valence-corrected chi connectivity index (χ4v) is 1.71. The van der Waals surface area contributed by atoms with Crippen molar-refractivity contribution < 1.29 is 9.59 Å². The van der Waals surface area contributed by atoms with Crippen molar-refractivity contribution in [2.75, 3.05) is 0 Å². The molecule has 4 nitrogen and oxygen atoms in total. The smallest absolute Gasteiger partial charge is 0.322 e. The van der Waals surface area contributed by atoms with Crippen molar-refractivity contribution in [1.29, 1.82) is 0 Å². The first-order chi connectivity index (χ1) is 7.10. The predicted octanol–water partition coefficient (Wildman–Crippen LogP) is 0.827. The van der Waals surface area contributed by atoms with E-state index in [0.29, 0.717) is 6.42 Å². The molecule has 1 aromatic carbocycles.